The van der Waals surface area contributed by atoms with Crippen molar-refractivity contribution in [1.29, 1.82) is 0 Å². The number of carboxylic acid groups (broad SMARTS) is 1. The number of ketones is 1. The van der Waals surface area contributed by atoms with Gasteiger partial charge in [0.2, 0.25) is 0 Å². The second-order valence-corrected chi connectivity index (χ2v) is 4.58. The van der Waals surface area contributed by atoms with Crippen LogP contribution in [0, 0.1) is 0 Å². The minimum Gasteiger partial charge on any atom is -0.465 e. The number of nitrogens with one attached hydrogen (secondary N) is 1. The Morgan fingerprint density at radius 2 is 2.06 bits per heavy atom. The van der Waals surface area contributed by atoms with Gasteiger partial charge in [0.05, 0.1) is 12.6 Å². The van der Waals surface area contributed by atoms with E-state index in [4.69, 9.17) is 9.84 Å². The number of benzene rings is 1. The molecule has 0 bridgehead atoms. The van der Waals surface area contributed by atoms with Crippen LogP contribution in [0.4, 0.5) is 4.79 Å². The van der Waals surface area contributed by atoms with Gasteiger partial charge >= 0.3 is 6.09 Å². The first-order chi connectivity index (χ1) is 8.51. The van der Waals surface area contributed by atoms with E-state index in [9.17, 15) is 9.59 Å². The molecule has 1 saturated heterocycles. The summed E-state index contributed by atoms with van der Waals surface area (Å²) in [5, 5.41) is 11.1. The number of carbonyl (C=O) groups is 2. The molecule has 0 aliphatic carbocycles. The van der Waals surface area contributed by atoms with Crippen LogP contribution in [-0.2, 0) is 16.0 Å². The lowest BCUT2D eigenvalue weighted by Crippen LogP contribution is -2.46. The standard InChI is InChI=1S/C13H15NO4/c1-13(8-18-13)11(15)10(14-12(16)17)7-9-5-3-2-4-6-9/h2-6,10,14H,7-8H2,1H3,(H,16,17)/t10-,13-/m0/s1. The summed E-state index contributed by atoms with van der Waals surface area (Å²) in [4.78, 5) is 22.9. The molecule has 96 valence electrons. The molecule has 2 rings (SSSR count). The Balaban J connectivity index is 2.10. The molecule has 18 heavy (non-hydrogen) atoms. The van der Waals surface area contributed by atoms with Gasteiger partial charge < -0.3 is 15.2 Å². The third-order valence-corrected chi connectivity index (χ3v) is 3.00. The van der Waals surface area contributed by atoms with E-state index in [1.165, 1.54) is 0 Å². The molecular formula is C13H15NO4. The van der Waals surface area contributed by atoms with E-state index in [-0.39, 0.29) is 5.78 Å². The summed E-state index contributed by atoms with van der Waals surface area (Å²) in [5.74, 6) is -0.214. The molecule has 0 unspecified atom stereocenters. The molecule has 1 aliphatic heterocycles. The van der Waals surface area contributed by atoms with E-state index in [1.54, 1.807) is 6.92 Å². The minimum absolute atomic E-state index is 0.214. The van der Waals surface area contributed by atoms with Gasteiger partial charge in [-0.15, -0.1) is 0 Å². The van der Waals surface area contributed by atoms with Gasteiger partial charge in [0, 0.05) is 0 Å². The van der Waals surface area contributed by atoms with Gasteiger partial charge in [-0.1, -0.05) is 30.3 Å². The van der Waals surface area contributed by atoms with E-state index in [1.807, 2.05) is 30.3 Å². The second kappa shape index (κ2) is 4.78. The summed E-state index contributed by atoms with van der Waals surface area (Å²) in [5.41, 5.74) is 0.0934. The lowest BCUT2D eigenvalue weighted by molar-refractivity contribution is -0.125. The van der Waals surface area contributed by atoms with Gasteiger partial charge in [-0.05, 0) is 18.9 Å². The van der Waals surface area contributed by atoms with Crippen LogP contribution in [-0.4, -0.2) is 35.2 Å². The summed E-state index contributed by atoms with van der Waals surface area (Å²) in [6, 6.07) is 8.54. The van der Waals surface area contributed by atoms with Gasteiger partial charge in [-0.25, -0.2) is 4.79 Å². The van der Waals surface area contributed by atoms with Crippen molar-refractivity contribution in [2.45, 2.75) is 25.0 Å². The topological polar surface area (TPSA) is 78.9 Å². The van der Waals surface area contributed by atoms with Crippen molar-refractivity contribution in [1.82, 2.24) is 5.32 Å². The Bertz CT molecular complexity index is 453. The highest BCUT2D eigenvalue weighted by atomic mass is 16.6. The number of ether oxygens (including phenoxy) is 1. The van der Waals surface area contributed by atoms with E-state index >= 15 is 0 Å². The highest BCUT2D eigenvalue weighted by Gasteiger charge is 2.50. The zero-order valence-electron chi connectivity index (χ0n) is 10.1. The first-order valence-corrected chi connectivity index (χ1v) is 5.73. The molecule has 1 heterocycles. The maximum atomic E-state index is 12.1. The fourth-order valence-electron chi connectivity index (χ4n) is 1.83. The predicted molar refractivity (Wildman–Crippen MR) is 64.5 cm³/mol. The quantitative estimate of drug-likeness (QED) is 0.769. The molecule has 2 atom stereocenters. The van der Waals surface area contributed by atoms with Crippen LogP contribution in [0.25, 0.3) is 0 Å². The Morgan fingerprint density at radius 1 is 1.44 bits per heavy atom. The van der Waals surface area contributed by atoms with Gasteiger partial charge in [-0.2, -0.15) is 0 Å². The van der Waals surface area contributed by atoms with Crippen LogP contribution in [0.15, 0.2) is 30.3 Å². The first kappa shape index (κ1) is 12.6. The largest absolute Gasteiger partial charge is 0.465 e. The molecule has 1 amide bonds. The molecule has 0 radical (unpaired) electrons. The molecule has 0 aromatic heterocycles. The van der Waals surface area contributed by atoms with Crippen LogP contribution in [0.3, 0.4) is 0 Å². The molecule has 1 aromatic carbocycles. The van der Waals surface area contributed by atoms with Crippen molar-refractivity contribution in [3.05, 3.63) is 35.9 Å². The third kappa shape index (κ3) is 2.87. The average molecular weight is 249 g/mol. The van der Waals surface area contributed by atoms with E-state index < -0.39 is 17.7 Å². The normalized spacial score (nSPS) is 23.2. The molecule has 5 heteroatoms. The van der Waals surface area contributed by atoms with Crippen LogP contribution < -0.4 is 5.32 Å². The summed E-state index contributed by atoms with van der Waals surface area (Å²) < 4.78 is 5.08. The Labute approximate surface area is 105 Å². The maximum Gasteiger partial charge on any atom is 0.405 e. The number of hydrogen-bond acceptors (Lipinski definition) is 3. The number of Topliss-reactive ketones (excluding diaryl/α,β-unsaturated/α-hetero) is 1. The molecule has 1 fully saturated rings. The smallest absolute Gasteiger partial charge is 0.405 e. The molecule has 2 N–H and O–H groups in total. The maximum absolute atomic E-state index is 12.1. The SMILES string of the molecule is C[C@@]1(C(=O)[C@H](Cc2ccccc2)NC(=O)O)CO1. The minimum atomic E-state index is -1.20. The molecule has 1 aromatic rings. The lowest BCUT2D eigenvalue weighted by atomic mass is 9.95. The first-order valence-electron chi connectivity index (χ1n) is 5.73. The summed E-state index contributed by atoms with van der Waals surface area (Å²) in [6.07, 6.45) is -0.862. The number of rotatable bonds is 5. The highest BCUT2D eigenvalue weighted by molar-refractivity contribution is 5.95. The van der Waals surface area contributed by atoms with E-state index in [0.29, 0.717) is 13.0 Å². The van der Waals surface area contributed by atoms with Crippen molar-refractivity contribution in [3.8, 4) is 0 Å². The number of carbonyl (C=O) groups excluding carboxylic acids is 1. The lowest BCUT2D eigenvalue weighted by Gasteiger charge is -2.17. The van der Waals surface area contributed by atoms with Gasteiger partial charge in [0.25, 0.3) is 0 Å². The van der Waals surface area contributed by atoms with Crippen molar-refractivity contribution in [2.24, 2.45) is 0 Å². The number of amides is 1. The number of epoxide rings is 1. The fourth-order valence-corrected chi connectivity index (χ4v) is 1.83. The van der Waals surface area contributed by atoms with E-state index in [0.717, 1.165) is 5.56 Å². The molecule has 5 nitrogen and oxygen atoms in total. The van der Waals surface area contributed by atoms with Crippen molar-refractivity contribution >= 4 is 11.9 Å². The fraction of sp³-hybridized carbons (Fsp3) is 0.385. The van der Waals surface area contributed by atoms with E-state index in [2.05, 4.69) is 5.32 Å². The van der Waals surface area contributed by atoms with Gasteiger partial charge in [0.15, 0.2) is 5.78 Å². The predicted octanol–water partition coefficient (Wildman–Crippen LogP) is 1.22. The van der Waals surface area contributed by atoms with Crippen LogP contribution in [0.2, 0.25) is 0 Å². The van der Waals surface area contributed by atoms with Gasteiger partial charge in [0.1, 0.15) is 5.60 Å². The molecule has 0 saturated carbocycles. The van der Waals surface area contributed by atoms with Crippen LogP contribution in [0.1, 0.15) is 12.5 Å². The zero-order chi connectivity index (χ0) is 13.2. The van der Waals surface area contributed by atoms with Crippen LogP contribution >= 0.6 is 0 Å². The van der Waals surface area contributed by atoms with Crippen molar-refractivity contribution in [2.75, 3.05) is 6.61 Å². The zero-order valence-corrected chi connectivity index (χ0v) is 10.1. The third-order valence-electron chi connectivity index (χ3n) is 3.00. The molecule has 1 aliphatic rings. The summed E-state index contributed by atoms with van der Waals surface area (Å²) >= 11 is 0. The Hall–Kier alpha value is -1.88. The highest BCUT2D eigenvalue weighted by Crippen LogP contribution is 2.29. The van der Waals surface area contributed by atoms with Crippen molar-refractivity contribution < 1.29 is 19.4 Å². The van der Waals surface area contributed by atoms with Gasteiger partial charge in [-0.3, -0.25) is 4.79 Å². The van der Waals surface area contributed by atoms with Crippen LogP contribution in [0.5, 0.6) is 0 Å². The Kier molecular flexibility index (Phi) is 3.34. The second-order valence-electron chi connectivity index (χ2n) is 4.58. The average Bonchev–Trinajstić information content (AvgIpc) is 3.08. The Morgan fingerprint density at radius 3 is 2.56 bits per heavy atom. The monoisotopic (exact) mass is 249 g/mol. The van der Waals surface area contributed by atoms with Crippen molar-refractivity contribution in [3.63, 3.8) is 0 Å². The summed E-state index contributed by atoms with van der Waals surface area (Å²) in [6.45, 7) is 2.04. The molecule has 0 spiro atoms. The summed E-state index contributed by atoms with van der Waals surface area (Å²) in [7, 11) is 0. The number of hydrogen-bond donors (Lipinski definition) is 2. The molecular weight excluding hydrogens is 234 g/mol.